The molecule has 0 aliphatic rings. The number of hydrogen-bond acceptors (Lipinski definition) is 3. The predicted molar refractivity (Wildman–Crippen MR) is 175 cm³/mol. The summed E-state index contributed by atoms with van der Waals surface area (Å²) in [5.74, 6) is 2.14. The molecule has 0 aliphatic heterocycles. The zero-order valence-electron chi connectivity index (χ0n) is 26.7. The quantitative estimate of drug-likeness (QED) is 0.228. The third-order valence-corrected chi connectivity index (χ3v) is 10.8. The summed E-state index contributed by atoms with van der Waals surface area (Å²) in [6.07, 6.45) is 0. The first-order valence-corrected chi connectivity index (χ1v) is 16.3. The molecule has 0 radical (unpaired) electrons. The van der Waals surface area contributed by atoms with Crippen LogP contribution >= 0.6 is 7.92 Å². The second-order valence-electron chi connectivity index (χ2n) is 13.2. The van der Waals surface area contributed by atoms with Gasteiger partial charge in [0.2, 0.25) is 0 Å². The molecule has 0 saturated heterocycles. The Morgan fingerprint density at radius 1 is 0.350 bits per heavy atom. The van der Waals surface area contributed by atoms with Gasteiger partial charge in [-0.1, -0.05) is 83.1 Å². The Morgan fingerprint density at radius 3 is 0.625 bits per heavy atom. The molecule has 3 aromatic carbocycles. The third kappa shape index (κ3) is 6.36. The fraction of sp³-hybridized carbons (Fsp3) is 0.500. The number of benzene rings is 3. The maximum absolute atomic E-state index is 10.9. The minimum atomic E-state index is -1.14. The van der Waals surface area contributed by atoms with Gasteiger partial charge in [0.25, 0.3) is 0 Å². The Morgan fingerprint density at radius 2 is 0.500 bits per heavy atom. The van der Waals surface area contributed by atoms with E-state index in [1.54, 1.807) is 0 Å². The van der Waals surface area contributed by atoms with E-state index in [0.717, 1.165) is 0 Å². The monoisotopic (exact) mass is 562 g/mol. The highest BCUT2D eigenvalue weighted by molar-refractivity contribution is 7.80. The minimum Gasteiger partial charge on any atom is -0.508 e. The van der Waals surface area contributed by atoms with Crippen molar-refractivity contribution in [3.8, 4) is 17.2 Å². The molecule has 0 unspecified atom stereocenters. The first-order chi connectivity index (χ1) is 18.6. The lowest BCUT2D eigenvalue weighted by molar-refractivity contribution is 0.472. The summed E-state index contributed by atoms with van der Waals surface area (Å²) in [5, 5.41) is 36.7. The zero-order chi connectivity index (χ0) is 30.2. The summed E-state index contributed by atoms with van der Waals surface area (Å²) in [7, 11) is -1.14. The van der Waals surface area contributed by atoms with Crippen molar-refractivity contribution in [2.75, 3.05) is 0 Å². The van der Waals surface area contributed by atoms with Gasteiger partial charge in [-0.15, -0.1) is 0 Å². The zero-order valence-corrected chi connectivity index (χ0v) is 27.6. The molecular formula is C36H51O3P. The average molecular weight is 563 g/mol. The summed E-state index contributed by atoms with van der Waals surface area (Å²) in [4.78, 5) is 0. The maximum atomic E-state index is 10.9. The molecule has 3 aromatic rings. The first kappa shape index (κ1) is 32.0. The molecule has 0 amide bonds. The van der Waals surface area contributed by atoms with Gasteiger partial charge in [-0.05, 0) is 129 Å². The molecule has 3 rings (SSSR count). The van der Waals surface area contributed by atoms with E-state index in [4.69, 9.17) is 0 Å². The Labute approximate surface area is 244 Å². The molecule has 0 fully saturated rings. The minimum absolute atomic E-state index is 0.203. The Hall–Kier alpha value is -2.51. The molecule has 0 atom stereocenters. The normalized spacial score (nSPS) is 12.4. The van der Waals surface area contributed by atoms with Gasteiger partial charge in [0.05, 0.1) is 0 Å². The molecule has 0 aromatic heterocycles. The van der Waals surface area contributed by atoms with Crippen LogP contribution in [-0.2, 0) is 0 Å². The highest BCUT2D eigenvalue weighted by Crippen LogP contribution is 2.48. The van der Waals surface area contributed by atoms with E-state index >= 15 is 0 Å². The van der Waals surface area contributed by atoms with Crippen LogP contribution in [0.4, 0.5) is 0 Å². The number of rotatable bonds is 9. The summed E-state index contributed by atoms with van der Waals surface area (Å²) < 4.78 is 0. The second kappa shape index (κ2) is 12.6. The van der Waals surface area contributed by atoms with Gasteiger partial charge in [-0.2, -0.15) is 0 Å². The fourth-order valence-electron chi connectivity index (χ4n) is 5.74. The number of aromatic hydroxyl groups is 3. The van der Waals surface area contributed by atoms with Crippen molar-refractivity contribution in [3.05, 3.63) is 69.8 Å². The fourth-order valence-corrected chi connectivity index (χ4v) is 9.90. The SMILES string of the molecule is CC(C)c1cc(O)cc(C(C)C)c1P(c1c(C(C)C)cc(O)cc1C(C)C)c1c(C(C)C)cc(O)cc1C(C)C. The van der Waals surface area contributed by atoms with Crippen molar-refractivity contribution in [2.24, 2.45) is 0 Å². The Kier molecular flexibility index (Phi) is 10.1. The molecule has 4 heteroatoms. The van der Waals surface area contributed by atoms with Crippen molar-refractivity contribution >= 4 is 23.8 Å². The van der Waals surface area contributed by atoms with E-state index in [1.165, 1.54) is 49.3 Å². The van der Waals surface area contributed by atoms with Crippen molar-refractivity contribution in [2.45, 2.75) is 119 Å². The van der Waals surface area contributed by atoms with E-state index in [-0.39, 0.29) is 35.5 Å². The van der Waals surface area contributed by atoms with Gasteiger partial charge < -0.3 is 15.3 Å². The molecule has 0 saturated carbocycles. The smallest absolute Gasteiger partial charge is 0.116 e. The lowest BCUT2D eigenvalue weighted by atomic mass is 9.94. The van der Waals surface area contributed by atoms with Crippen LogP contribution in [0.3, 0.4) is 0 Å². The summed E-state index contributed by atoms with van der Waals surface area (Å²) in [6.45, 7) is 26.5. The molecule has 40 heavy (non-hydrogen) atoms. The van der Waals surface area contributed by atoms with Crippen LogP contribution in [0.25, 0.3) is 0 Å². The van der Waals surface area contributed by atoms with Gasteiger partial charge in [0, 0.05) is 0 Å². The lowest BCUT2D eigenvalue weighted by Crippen LogP contribution is -2.34. The van der Waals surface area contributed by atoms with E-state index < -0.39 is 7.92 Å². The van der Waals surface area contributed by atoms with Gasteiger partial charge >= 0.3 is 0 Å². The van der Waals surface area contributed by atoms with Crippen molar-refractivity contribution in [1.82, 2.24) is 0 Å². The number of hydrogen-bond donors (Lipinski definition) is 3. The van der Waals surface area contributed by atoms with Crippen LogP contribution in [0.5, 0.6) is 17.2 Å². The van der Waals surface area contributed by atoms with Crippen molar-refractivity contribution in [3.63, 3.8) is 0 Å². The van der Waals surface area contributed by atoms with Crippen molar-refractivity contribution < 1.29 is 15.3 Å². The van der Waals surface area contributed by atoms with Gasteiger partial charge in [0.1, 0.15) is 17.2 Å². The van der Waals surface area contributed by atoms with E-state index in [2.05, 4.69) is 83.1 Å². The molecule has 0 spiro atoms. The first-order valence-electron chi connectivity index (χ1n) is 15.0. The van der Waals surface area contributed by atoms with Crippen LogP contribution in [0.1, 0.15) is 152 Å². The van der Waals surface area contributed by atoms with Crippen LogP contribution in [0.15, 0.2) is 36.4 Å². The third-order valence-electron chi connectivity index (χ3n) is 7.86. The molecular weight excluding hydrogens is 511 g/mol. The number of phenols is 3. The predicted octanol–water partition coefficient (Wildman–Crippen LogP) is 9.30. The molecule has 0 aliphatic carbocycles. The Balaban J connectivity index is 2.78. The second-order valence-corrected chi connectivity index (χ2v) is 15.2. The lowest BCUT2D eigenvalue weighted by Gasteiger charge is -2.36. The highest BCUT2D eigenvalue weighted by Gasteiger charge is 2.35. The van der Waals surface area contributed by atoms with Crippen LogP contribution in [0.2, 0.25) is 0 Å². The molecule has 218 valence electrons. The van der Waals surface area contributed by atoms with Crippen LogP contribution < -0.4 is 15.9 Å². The molecule has 3 N–H and O–H groups in total. The van der Waals surface area contributed by atoms with E-state index in [0.29, 0.717) is 17.2 Å². The largest absolute Gasteiger partial charge is 0.508 e. The van der Waals surface area contributed by atoms with E-state index in [1.807, 2.05) is 36.4 Å². The Bertz CT molecular complexity index is 1100. The summed E-state index contributed by atoms with van der Waals surface area (Å²) in [5.41, 5.74) is 7.03. The highest BCUT2D eigenvalue weighted by atomic mass is 31.1. The van der Waals surface area contributed by atoms with Crippen LogP contribution in [0, 0.1) is 0 Å². The summed E-state index contributed by atoms with van der Waals surface area (Å²) >= 11 is 0. The topological polar surface area (TPSA) is 60.7 Å². The molecule has 0 heterocycles. The van der Waals surface area contributed by atoms with Crippen LogP contribution in [-0.4, -0.2) is 15.3 Å². The molecule has 3 nitrogen and oxygen atoms in total. The summed E-state index contributed by atoms with van der Waals surface area (Å²) in [6, 6.07) is 11.8. The molecule has 0 bridgehead atoms. The maximum Gasteiger partial charge on any atom is 0.116 e. The number of phenolic OH excluding ortho intramolecular Hbond substituents is 3. The van der Waals surface area contributed by atoms with Crippen molar-refractivity contribution in [1.29, 1.82) is 0 Å². The van der Waals surface area contributed by atoms with Gasteiger partial charge in [-0.3, -0.25) is 0 Å². The average Bonchev–Trinajstić information content (AvgIpc) is 2.84. The van der Waals surface area contributed by atoms with Gasteiger partial charge in [0.15, 0.2) is 0 Å². The standard InChI is InChI=1S/C36H51O3P/c1-19(2)28-13-25(37)14-29(20(3)4)34(28)40(35-30(21(5)6)15-26(38)16-31(35)22(7)8)36-32(23(9)10)17-27(39)18-33(36)24(11)12/h13-24,37-39H,1-12H3. The van der Waals surface area contributed by atoms with Gasteiger partial charge in [-0.25, -0.2) is 0 Å². The van der Waals surface area contributed by atoms with E-state index in [9.17, 15) is 15.3 Å².